The zero-order valence-electron chi connectivity index (χ0n) is 14.7. The molecule has 0 radical (unpaired) electrons. The van der Waals surface area contributed by atoms with E-state index in [1.807, 2.05) is 17.1 Å². The Bertz CT molecular complexity index is 646. The molecule has 3 amide bonds. The average Bonchev–Trinajstić information content (AvgIpc) is 3.20. The van der Waals surface area contributed by atoms with Crippen molar-refractivity contribution in [3.8, 4) is 0 Å². The number of hydrogen-bond donors (Lipinski definition) is 1. The molecule has 0 aromatic carbocycles. The predicted octanol–water partition coefficient (Wildman–Crippen LogP) is -0.227. The molecule has 2 unspecified atom stereocenters. The molecule has 4 rings (SSSR count). The van der Waals surface area contributed by atoms with Crippen molar-refractivity contribution in [2.24, 2.45) is 17.8 Å². The van der Waals surface area contributed by atoms with Crippen molar-refractivity contribution in [3.63, 3.8) is 0 Å². The Hall–Kier alpha value is -1.89. The Morgan fingerprint density at radius 3 is 2.96 bits per heavy atom. The van der Waals surface area contributed by atoms with Gasteiger partial charge in [0.15, 0.2) is 0 Å². The van der Waals surface area contributed by atoms with E-state index >= 15 is 0 Å². The molecule has 136 valence electrons. The molecular weight excluding hydrogens is 322 g/mol. The van der Waals surface area contributed by atoms with Crippen LogP contribution in [-0.2, 0) is 19.1 Å². The first kappa shape index (κ1) is 16.6. The van der Waals surface area contributed by atoms with Crippen LogP contribution in [0, 0.1) is 17.8 Å². The molecule has 0 saturated carbocycles. The van der Waals surface area contributed by atoms with E-state index in [0.717, 1.165) is 6.42 Å². The second kappa shape index (κ2) is 5.83. The maximum atomic E-state index is 13.1. The van der Waals surface area contributed by atoms with E-state index in [0.29, 0.717) is 32.1 Å². The van der Waals surface area contributed by atoms with E-state index in [-0.39, 0.29) is 30.4 Å². The van der Waals surface area contributed by atoms with Crippen LogP contribution in [0.3, 0.4) is 0 Å². The second-order valence-electron chi connectivity index (χ2n) is 7.95. The van der Waals surface area contributed by atoms with Crippen LogP contribution < -0.4 is 5.32 Å². The highest BCUT2D eigenvalue weighted by atomic mass is 16.5. The predicted molar refractivity (Wildman–Crippen MR) is 89.3 cm³/mol. The molecule has 3 saturated heterocycles. The van der Waals surface area contributed by atoms with E-state index < -0.39 is 17.4 Å². The molecule has 1 spiro atoms. The maximum Gasteiger partial charge on any atom is 0.239 e. The fourth-order valence-corrected chi connectivity index (χ4v) is 4.50. The Labute approximate surface area is 147 Å². The van der Waals surface area contributed by atoms with Gasteiger partial charge in [-0.3, -0.25) is 14.4 Å². The van der Waals surface area contributed by atoms with Crippen molar-refractivity contribution in [1.29, 1.82) is 0 Å². The van der Waals surface area contributed by atoms with Crippen molar-refractivity contribution < 1.29 is 19.1 Å². The number of nitrogens with zero attached hydrogens (tertiary/aromatic N) is 2. The minimum atomic E-state index is -0.656. The molecule has 4 atom stereocenters. The lowest BCUT2D eigenvalue weighted by Gasteiger charge is -2.32. The SMILES string of the molecule is CC(C)CCN1C[C@]23C=C[C@H](O2)C(C(=O)N2CCNC(=O)C2)C3C1=O. The largest absolute Gasteiger partial charge is 0.360 e. The lowest BCUT2D eigenvalue weighted by atomic mass is 9.76. The lowest BCUT2D eigenvalue weighted by Crippen LogP contribution is -2.54. The zero-order valence-corrected chi connectivity index (χ0v) is 14.7. The molecule has 4 aliphatic rings. The van der Waals surface area contributed by atoms with Gasteiger partial charge < -0.3 is 19.9 Å². The normalized spacial score (nSPS) is 36.4. The summed E-state index contributed by atoms with van der Waals surface area (Å²) < 4.78 is 6.12. The van der Waals surface area contributed by atoms with Crippen LogP contribution in [0.2, 0.25) is 0 Å². The molecule has 0 aromatic heterocycles. The van der Waals surface area contributed by atoms with Gasteiger partial charge in [-0.05, 0) is 12.3 Å². The second-order valence-corrected chi connectivity index (χ2v) is 7.95. The van der Waals surface area contributed by atoms with Gasteiger partial charge in [0.2, 0.25) is 17.7 Å². The number of amides is 3. The third-order valence-corrected chi connectivity index (χ3v) is 5.79. The number of fused-ring (bicyclic) bond motifs is 1. The Morgan fingerprint density at radius 2 is 2.24 bits per heavy atom. The molecule has 0 aromatic rings. The third-order valence-electron chi connectivity index (χ3n) is 5.79. The van der Waals surface area contributed by atoms with Gasteiger partial charge in [-0.25, -0.2) is 0 Å². The van der Waals surface area contributed by atoms with Gasteiger partial charge in [-0.15, -0.1) is 0 Å². The minimum absolute atomic E-state index is 0.0207. The summed E-state index contributed by atoms with van der Waals surface area (Å²) in [7, 11) is 0. The number of carbonyl (C=O) groups excluding carboxylic acids is 3. The van der Waals surface area contributed by atoms with E-state index in [2.05, 4.69) is 19.2 Å². The molecular formula is C18H25N3O4. The Morgan fingerprint density at radius 1 is 1.44 bits per heavy atom. The summed E-state index contributed by atoms with van der Waals surface area (Å²) in [4.78, 5) is 41.1. The van der Waals surface area contributed by atoms with Gasteiger partial charge in [-0.1, -0.05) is 26.0 Å². The van der Waals surface area contributed by atoms with Crippen molar-refractivity contribution in [2.45, 2.75) is 32.0 Å². The molecule has 25 heavy (non-hydrogen) atoms. The van der Waals surface area contributed by atoms with Crippen LogP contribution in [0.1, 0.15) is 20.3 Å². The molecule has 0 aliphatic carbocycles. The number of ether oxygens (including phenoxy) is 1. The molecule has 1 N–H and O–H groups in total. The van der Waals surface area contributed by atoms with Crippen LogP contribution in [0.15, 0.2) is 12.2 Å². The van der Waals surface area contributed by atoms with Gasteiger partial charge >= 0.3 is 0 Å². The molecule has 4 heterocycles. The minimum Gasteiger partial charge on any atom is -0.360 e. The Balaban J connectivity index is 1.54. The highest BCUT2D eigenvalue weighted by Gasteiger charge is 2.67. The smallest absolute Gasteiger partial charge is 0.239 e. The summed E-state index contributed by atoms with van der Waals surface area (Å²) >= 11 is 0. The maximum absolute atomic E-state index is 13.1. The quantitative estimate of drug-likeness (QED) is 0.713. The van der Waals surface area contributed by atoms with Crippen molar-refractivity contribution in [1.82, 2.24) is 15.1 Å². The molecule has 3 fully saturated rings. The number of likely N-dealkylation sites (tertiary alicyclic amines) is 1. The van der Waals surface area contributed by atoms with Crippen LogP contribution in [0.5, 0.6) is 0 Å². The number of carbonyl (C=O) groups is 3. The summed E-state index contributed by atoms with van der Waals surface area (Å²) in [5, 5.41) is 2.73. The summed E-state index contributed by atoms with van der Waals surface area (Å²) in [6.45, 7) is 6.51. The highest BCUT2D eigenvalue weighted by Crippen LogP contribution is 2.52. The fourth-order valence-electron chi connectivity index (χ4n) is 4.50. The topological polar surface area (TPSA) is 79.0 Å². The first-order valence-corrected chi connectivity index (χ1v) is 9.13. The van der Waals surface area contributed by atoms with Crippen LogP contribution in [0.4, 0.5) is 0 Å². The molecule has 4 aliphatic heterocycles. The highest BCUT2D eigenvalue weighted by molar-refractivity contribution is 5.94. The van der Waals surface area contributed by atoms with Crippen molar-refractivity contribution in [2.75, 3.05) is 32.7 Å². The first-order chi connectivity index (χ1) is 11.9. The van der Waals surface area contributed by atoms with E-state index in [9.17, 15) is 14.4 Å². The van der Waals surface area contributed by atoms with Gasteiger partial charge in [0.25, 0.3) is 0 Å². The van der Waals surface area contributed by atoms with Crippen molar-refractivity contribution >= 4 is 17.7 Å². The lowest BCUT2D eigenvalue weighted by molar-refractivity contribution is -0.146. The van der Waals surface area contributed by atoms with Crippen LogP contribution in [-0.4, -0.2) is 72.0 Å². The monoisotopic (exact) mass is 347 g/mol. The van der Waals surface area contributed by atoms with Gasteiger partial charge in [-0.2, -0.15) is 0 Å². The van der Waals surface area contributed by atoms with Gasteiger partial charge in [0.1, 0.15) is 5.60 Å². The first-order valence-electron chi connectivity index (χ1n) is 9.13. The third kappa shape index (κ3) is 2.56. The Kier molecular flexibility index (Phi) is 3.86. The number of nitrogens with one attached hydrogen (secondary N) is 1. The number of hydrogen-bond acceptors (Lipinski definition) is 4. The van der Waals surface area contributed by atoms with Gasteiger partial charge in [0.05, 0.1) is 31.0 Å². The summed E-state index contributed by atoms with van der Waals surface area (Å²) in [5.74, 6) is -0.699. The van der Waals surface area contributed by atoms with E-state index in [4.69, 9.17) is 4.74 Å². The standard InChI is InChI=1S/C18H25N3O4/c1-11(2)4-7-21-10-18-5-3-12(25-18)14(15(18)17(21)24)16(23)20-8-6-19-13(22)9-20/h3,5,11-12,14-15H,4,6-10H2,1-2H3,(H,19,22)/t12-,14?,15?,18-/m0/s1. The molecule has 7 nitrogen and oxygen atoms in total. The van der Waals surface area contributed by atoms with E-state index in [1.54, 1.807) is 4.90 Å². The number of piperazine rings is 1. The van der Waals surface area contributed by atoms with Crippen LogP contribution in [0.25, 0.3) is 0 Å². The molecule has 7 heteroatoms. The van der Waals surface area contributed by atoms with Crippen LogP contribution >= 0.6 is 0 Å². The summed E-state index contributed by atoms with van der Waals surface area (Å²) in [6.07, 6.45) is 4.48. The molecule has 2 bridgehead atoms. The fraction of sp³-hybridized carbons (Fsp3) is 0.722. The summed E-state index contributed by atoms with van der Waals surface area (Å²) in [6, 6.07) is 0. The zero-order chi connectivity index (χ0) is 17.8. The van der Waals surface area contributed by atoms with Crippen molar-refractivity contribution in [3.05, 3.63) is 12.2 Å². The number of rotatable bonds is 4. The van der Waals surface area contributed by atoms with E-state index in [1.165, 1.54) is 0 Å². The van der Waals surface area contributed by atoms with Gasteiger partial charge in [0, 0.05) is 19.6 Å². The average molecular weight is 347 g/mol. The summed E-state index contributed by atoms with van der Waals surface area (Å²) in [5.41, 5.74) is -0.656.